The second-order valence-corrected chi connectivity index (χ2v) is 6.08. The Morgan fingerprint density at radius 1 is 1.00 bits per heavy atom. The number of hydrogen-bond acceptors (Lipinski definition) is 2. The van der Waals surface area contributed by atoms with Gasteiger partial charge in [0.2, 0.25) is 0 Å². The summed E-state index contributed by atoms with van der Waals surface area (Å²) in [5, 5.41) is 4.82. The van der Waals surface area contributed by atoms with Crippen LogP contribution >= 0.6 is 23.2 Å². The molecule has 0 fully saturated rings. The lowest BCUT2D eigenvalue weighted by molar-refractivity contribution is 0.302. The van der Waals surface area contributed by atoms with Crippen LogP contribution in [-0.2, 0) is 13.2 Å². The highest BCUT2D eigenvalue weighted by Crippen LogP contribution is 2.24. The molecule has 0 atom stereocenters. The van der Waals surface area contributed by atoms with E-state index < -0.39 is 0 Å². The molecule has 2 aromatic carbocycles. The highest BCUT2D eigenvalue weighted by molar-refractivity contribution is 6.30. The fourth-order valence-corrected chi connectivity index (χ4v) is 2.20. The maximum Gasteiger partial charge on any atom is 0.124 e. The molecule has 0 aromatic heterocycles. The van der Waals surface area contributed by atoms with Crippen molar-refractivity contribution < 1.29 is 4.74 Å². The SMILES string of the molecule is CC(C)NCc1cc(Cl)ccc1OCc1ccc(Cl)cc1. The van der Waals surface area contributed by atoms with Gasteiger partial charge in [0, 0.05) is 28.2 Å². The van der Waals surface area contributed by atoms with Gasteiger partial charge < -0.3 is 10.1 Å². The van der Waals surface area contributed by atoms with E-state index in [1.165, 1.54) is 0 Å². The van der Waals surface area contributed by atoms with Crippen molar-refractivity contribution in [3.8, 4) is 5.75 Å². The quantitative estimate of drug-likeness (QED) is 0.801. The van der Waals surface area contributed by atoms with E-state index in [0.29, 0.717) is 12.6 Å². The Morgan fingerprint density at radius 3 is 2.33 bits per heavy atom. The highest BCUT2D eigenvalue weighted by atomic mass is 35.5. The minimum atomic E-state index is 0.410. The van der Waals surface area contributed by atoms with Gasteiger partial charge in [-0.1, -0.05) is 49.2 Å². The summed E-state index contributed by atoms with van der Waals surface area (Å²) in [4.78, 5) is 0. The fraction of sp³-hybridized carbons (Fsp3) is 0.294. The summed E-state index contributed by atoms with van der Waals surface area (Å²) >= 11 is 11.9. The molecule has 0 radical (unpaired) electrons. The van der Waals surface area contributed by atoms with Gasteiger partial charge in [-0.05, 0) is 35.9 Å². The minimum Gasteiger partial charge on any atom is -0.489 e. The molecule has 0 saturated carbocycles. The molecule has 0 aliphatic rings. The number of rotatable bonds is 6. The van der Waals surface area contributed by atoms with Crippen LogP contribution in [0, 0.1) is 0 Å². The summed E-state index contributed by atoms with van der Waals surface area (Å²) in [6, 6.07) is 13.8. The van der Waals surface area contributed by atoms with Crippen molar-refractivity contribution in [2.45, 2.75) is 33.0 Å². The first-order chi connectivity index (χ1) is 10.0. The molecule has 0 saturated heterocycles. The lowest BCUT2D eigenvalue weighted by atomic mass is 10.2. The lowest BCUT2D eigenvalue weighted by Crippen LogP contribution is -2.22. The molecule has 0 aliphatic heterocycles. The zero-order valence-electron chi connectivity index (χ0n) is 12.2. The monoisotopic (exact) mass is 323 g/mol. The largest absolute Gasteiger partial charge is 0.489 e. The average Bonchev–Trinajstić information content (AvgIpc) is 2.45. The molecule has 21 heavy (non-hydrogen) atoms. The summed E-state index contributed by atoms with van der Waals surface area (Å²) in [6.45, 7) is 5.46. The molecule has 2 rings (SSSR count). The first-order valence-corrected chi connectivity index (χ1v) is 7.69. The van der Waals surface area contributed by atoms with E-state index in [4.69, 9.17) is 27.9 Å². The summed E-state index contributed by atoms with van der Waals surface area (Å²) in [7, 11) is 0. The van der Waals surface area contributed by atoms with Crippen LogP contribution in [-0.4, -0.2) is 6.04 Å². The smallest absolute Gasteiger partial charge is 0.124 e. The highest BCUT2D eigenvalue weighted by Gasteiger charge is 2.06. The zero-order valence-corrected chi connectivity index (χ0v) is 13.7. The Balaban J connectivity index is 2.06. The summed E-state index contributed by atoms with van der Waals surface area (Å²) in [5.41, 5.74) is 2.14. The van der Waals surface area contributed by atoms with E-state index in [2.05, 4.69) is 19.2 Å². The van der Waals surface area contributed by atoms with Gasteiger partial charge in [0.15, 0.2) is 0 Å². The van der Waals surface area contributed by atoms with Crippen LogP contribution in [0.25, 0.3) is 0 Å². The Hall–Kier alpha value is -1.22. The second kappa shape index (κ2) is 7.69. The summed E-state index contributed by atoms with van der Waals surface area (Å²) in [6.07, 6.45) is 0. The van der Waals surface area contributed by atoms with Gasteiger partial charge in [-0.15, -0.1) is 0 Å². The van der Waals surface area contributed by atoms with Crippen LogP contribution < -0.4 is 10.1 Å². The number of benzene rings is 2. The molecule has 1 N–H and O–H groups in total. The van der Waals surface area contributed by atoms with Crippen LogP contribution in [0.3, 0.4) is 0 Å². The maximum atomic E-state index is 6.07. The Labute approximate surface area is 136 Å². The van der Waals surface area contributed by atoms with Crippen molar-refractivity contribution in [2.75, 3.05) is 0 Å². The topological polar surface area (TPSA) is 21.3 Å². The summed E-state index contributed by atoms with van der Waals surface area (Å²) < 4.78 is 5.91. The third-order valence-electron chi connectivity index (χ3n) is 3.03. The number of nitrogens with one attached hydrogen (secondary N) is 1. The van der Waals surface area contributed by atoms with Gasteiger partial charge in [0.05, 0.1) is 0 Å². The standard InChI is InChI=1S/C17H19Cl2NO/c1-12(2)20-10-14-9-16(19)7-8-17(14)21-11-13-3-5-15(18)6-4-13/h3-9,12,20H,10-11H2,1-2H3. The van der Waals surface area contributed by atoms with Gasteiger partial charge in [-0.25, -0.2) is 0 Å². The van der Waals surface area contributed by atoms with Gasteiger partial charge in [0.1, 0.15) is 12.4 Å². The van der Waals surface area contributed by atoms with E-state index in [9.17, 15) is 0 Å². The molecule has 0 bridgehead atoms. The Morgan fingerprint density at radius 2 is 1.67 bits per heavy atom. The molecular weight excluding hydrogens is 305 g/mol. The molecule has 0 heterocycles. The van der Waals surface area contributed by atoms with E-state index in [0.717, 1.165) is 33.5 Å². The predicted molar refractivity (Wildman–Crippen MR) is 89.2 cm³/mol. The second-order valence-electron chi connectivity index (χ2n) is 5.20. The molecule has 0 amide bonds. The Bertz CT molecular complexity index is 582. The van der Waals surface area contributed by atoms with Crippen LogP contribution in [0.5, 0.6) is 5.75 Å². The lowest BCUT2D eigenvalue weighted by Gasteiger charge is -2.14. The van der Waals surface area contributed by atoms with Crippen molar-refractivity contribution in [1.82, 2.24) is 5.32 Å². The van der Waals surface area contributed by atoms with Crippen LogP contribution in [0.1, 0.15) is 25.0 Å². The van der Waals surface area contributed by atoms with Crippen LogP contribution in [0.15, 0.2) is 42.5 Å². The summed E-state index contributed by atoms with van der Waals surface area (Å²) in [5.74, 6) is 0.850. The molecule has 112 valence electrons. The van der Waals surface area contributed by atoms with E-state index in [1.54, 1.807) is 0 Å². The molecule has 2 aromatic rings. The molecule has 0 spiro atoms. The van der Waals surface area contributed by atoms with Gasteiger partial charge in [-0.3, -0.25) is 0 Å². The normalized spacial score (nSPS) is 10.9. The molecule has 0 aliphatic carbocycles. The van der Waals surface area contributed by atoms with E-state index in [-0.39, 0.29) is 0 Å². The zero-order chi connectivity index (χ0) is 15.2. The molecule has 4 heteroatoms. The van der Waals surface area contributed by atoms with E-state index >= 15 is 0 Å². The predicted octanol–water partition coefficient (Wildman–Crippen LogP) is 5.07. The third-order valence-corrected chi connectivity index (χ3v) is 3.52. The molecule has 2 nitrogen and oxygen atoms in total. The average molecular weight is 324 g/mol. The fourth-order valence-electron chi connectivity index (χ4n) is 1.88. The van der Waals surface area contributed by atoms with Crippen LogP contribution in [0.4, 0.5) is 0 Å². The first-order valence-electron chi connectivity index (χ1n) is 6.93. The van der Waals surface area contributed by atoms with Gasteiger partial charge in [-0.2, -0.15) is 0 Å². The van der Waals surface area contributed by atoms with Crippen molar-refractivity contribution in [3.63, 3.8) is 0 Å². The van der Waals surface area contributed by atoms with Gasteiger partial charge in [0.25, 0.3) is 0 Å². The molecule has 0 unspecified atom stereocenters. The van der Waals surface area contributed by atoms with Crippen molar-refractivity contribution in [3.05, 3.63) is 63.6 Å². The molecular formula is C17H19Cl2NO. The number of halogens is 2. The van der Waals surface area contributed by atoms with E-state index in [1.807, 2.05) is 42.5 Å². The van der Waals surface area contributed by atoms with Crippen molar-refractivity contribution in [1.29, 1.82) is 0 Å². The third kappa shape index (κ3) is 5.24. The number of ether oxygens (including phenoxy) is 1. The maximum absolute atomic E-state index is 6.07. The van der Waals surface area contributed by atoms with Crippen LogP contribution in [0.2, 0.25) is 10.0 Å². The van der Waals surface area contributed by atoms with Crippen molar-refractivity contribution >= 4 is 23.2 Å². The minimum absolute atomic E-state index is 0.410. The Kier molecular flexibility index (Phi) is 5.92. The first kappa shape index (κ1) is 16.2. The van der Waals surface area contributed by atoms with Crippen molar-refractivity contribution in [2.24, 2.45) is 0 Å². The van der Waals surface area contributed by atoms with Gasteiger partial charge >= 0.3 is 0 Å². The number of hydrogen-bond donors (Lipinski definition) is 1.